The predicted octanol–water partition coefficient (Wildman–Crippen LogP) is 0.856. The van der Waals surface area contributed by atoms with Gasteiger partial charge >= 0.3 is 0 Å². The van der Waals surface area contributed by atoms with Crippen molar-refractivity contribution in [3.05, 3.63) is 23.4 Å². The van der Waals surface area contributed by atoms with E-state index in [1.807, 2.05) is 0 Å². The molecule has 0 aromatic rings. The highest BCUT2D eigenvalue weighted by Crippen LogP contribution is 2.51. The van der Waals surface area contributed by atoms with Crippen LogP contribution in [0.15, 0.2) is 23.4 Å². The topological polar surface area (TPSA) is 32.3 Å². The number of fused-ring (bicyclic) bond motifs is 1. The normalized spacial score (nSPS) is 34.6. The molecule has 0 spiro atoms. The summed E-state index contributed by atoms with van der Waals surface area (Å²) in [6.07, 6.45) is 5.66. The van der Waals surface area contributed by atoms with E-state index in [0.29, 0.717) is 19.1 Å². The number of hydrogen-bond acceptors (Lipinski definition) is 2. The minimum Gasteiger partial charge on any atom is -0.348 e. The third-order valence-electron chi connectivity index (χ3n) is 3.44. The van der Waals surface area contributed by atoms with E-state index in [0.717, 1.165) is 5.92 Å². The van der Waals surface area contributed by atoms with Gasteiger partial charge in [0.15, 0.2) is 0 Å². The molecular formula is C11H14N2O. The van der Waals surface area contributed by atoms with Crippen LogP contribution in [0.1, 0.15) is 13.3 Å². The van der Waals surface area contributed by atoms with Crippen LogP contribution in [0, 0.1) is 11.8 Å². The molecule has 1 saturated carbocycles. The zero-order valence-corrected chi connectivity index (χ0v) is 8.29. The van der Waals surface area contributed by atoms with Gasteiger partial charge in [-0.15, -0.1) is 0 Å². The van der Waals surface area contributed by atoms with Crippen LogP contribution in [0.2, 0.25) is 0 Å². The van der Waals surface area contributed by atoms with Gasteiger partial charge in [-0.05, 0) is 25.3 Å². The number of nitrogens with zero attached hydrogens (tertiary/aromatic N) is 1. The third kappa shape index (κ3) is 1.08. The van der Waals surface area contributed by atoms with Gasteiger partial charge in [0.1, 0.15) is 0 Å². The third-order valence-corrected chi connectivity index (χ3v) is 3.44. The van der Waals surface area contributed by atoms with Gasteiger partial charge in [0.2, 0.25) is 5.91 Å². The van der Waals surface area contributed by atoms with Gasteiger partial charge in [0.25, 0.3) is 0 Å². The molecule has 14 heavy (non-hydrogen) atoms. The van der Waals surface area contributed by atoms with Gasteiger partial charge in [-0.3, -0.25) is 4.79 Å². The lowest BCUT2D eigenvalue weighted by atomic mass is 10.0. The molecule has 3 rings (SSSR count). The summed E-state index contributed by atoms with van der Waals surface area (Å²) in [6.45, 7) is 3.44. The Bertz CT molecular complexity index is 356. The van der Waals surface area contributed by atoms with Crippen molar-refractivity contribution in [3.63, 3.8) is 0 Å². The van der Waals surface area contributed by atoms with Gasteiger partial charge < -0.3 is 10.2 Å². The van der Waals surface area contributed by atoms with E-state index in [2.05, 4.69) is 29.3 Å². The van der Waals surface area contributed by atoms with E-state index in [9.17, 15) is 4.79 Å². The highest BCUT2D eigenvalue weighted by Gasteiger charge is 2.44. The molecule has 74 valence electrons. The van der Waals surface area contributed by atoms with E-state index in [1.54, 1.807) is 0 Å². The van der Waals surface area contributed by atoms with Crippen LogP contribution >= 0.6 is 0 Å². The highest BCUT2D eigenvalue weighted by molar-refractivity contribution is 5.80. The Labute approximate surface area is 83.5 Å². The Hall–Kier alpha value is -1.25. The standard InChI is InChI=1S/C11H14N2O/c1-7-2-3-10(9-4-8(7)9)13-5-11(14)12-6-13/h2-3,8-9H,4-6H2,1H3,(H,12,14). The van der Waals surface area contributed by atoms with Gasteiger partial charge in [-0.25, -0.2) is 0 Å². The van der Waals surface area contributed by atoms with Gasteiger partial charge in [0, 0.05) is 11.6 Å². The molecule has 3 aliphatic rings. The van der Waals surface area contributed by atoms with Gasteiger partial charge in [0.05, 0.1) is 13.2 Å². The SMILES string of the molecule is CC1=CC=C(N2CNC(=O)C2)C2CC12. The molecule has 1 amide bonds. The molecule has 1 aliphatic heterocycles. The van der Waals surface area contributed by atoms with Crippen LogP contribution in [-0.2, 0) is 4.79 Å². The number of carbonyl (C=O) groups is 1. The second-order valence-corrected chi connectivity index (χ2v) is 4.41. The average molecular weight is 190 g/mol. The largest absolute Gasteiger partial charge is 0.348 e. The lowest BCUT2D eigenvalue weighted by Crippen LogP contribution is -2.23. The summed E-state index contributed by atoms with van der Waals surface area (Å²) in [5.74, 6) is 1.62. The number of allylic oxidation sites excluding steroid dienone is 4. The lowest BCUT2D eigenvalue weighted by molar-refractivity contribution is -0.118. The summed E-state index contributed by atoms with van der Waals surface area (Å²) in [5, 5.41) is 2.84. The number of amides is 1. The van der Waals surface area contributed by atoms with Crippen molar-refractivity contribution < 1.29 is 4.79 Å². The fourth-order valence-corrected chi connectivity index (χ4v) is 2.48. The molecule has 1 heterocycles. The zero-order chi connectivity index (χ0) is 9.71. The van der Waals surface area contributed by atoms with Crippen molar-refractivity contribution in [1.82, 2.24) is 10.2 Å². The average Bonchev–Trinajstić information content (AvgIpc) is 2.85. The van der Waals surface area contributed by atoms with Crippen LogP contribution in [0.25, 0.3) is 0 Å². The van der Waals surface area contributed by atoms with Crippen molar-refractivity contribution in [1.29, 1.82) is 0 Å². The second-order valence-electron chi connectivity index (χ2n) is 4.41. The van der Waals surface area contributed by atoms with Crippen molar-refractivity contribution in [2.75, 3.05) is 13.2 Å². The first-order chi connectivity index (χ1) is 6.75. The molecule has 1 N–H and O–H groups in total. The van der Waals surface area contributed by atoms with Crippen LogP contribution in [0.3, 0.4) is 0 Å². The molecule has 1 saturated heterocycles. The minimum atomic E-state index is 0.148. The fraction of sp³-hybridized carbons (Fsp3) is 0.545. The summed E-state index contributed by atoms with van der Waals surface area (Å²) in [6, 6.07) is 0. The highest BCUT2D eigenvalue weighted by atomic mass is 16.2. The Balaban J connectivity index is 1.83. The second kappa shape index (κ2) is 2.62. The molecule has 2 atom stereocenters. The maximum atomic E-state index is 11.1. The number of carbonyl (C=O) groups excluding carboxylic acids is 1. The van der Waals surface area contributed by atoms with Crippen LogP contribution < -0.4 is 5.32 Å². The molecule has 3 heteroatoms. The number of rotatable bonds is 1. The minimum absolute atomic E-state index is 0.148. The first kappa shape index (κ1) is 8.09. The first-order valence-electron chi connectivity index (χ1n) is 5.16. The van der Waals surface area contributed by atoms with Crippen molar-refractivity contribution in [3.8, 4) is 0 Å². The molecule has 2 aliphatic carbocycles. The maximum Gasteiger partial charge on any atom is 0.240 e. The molecular weight excluding hydrogens is 176 g/mol. The van der Waals surface area contributed by atoms with E-state index in [-0.39, 0.29) is 5.91 Å². The Morgan fingerprint density at radius 3 is 3.00 bits per heavy atom. The quantitative estimate of drug-likeness (QED) is 0.665. The predicted molar refractivity (Wildman–Crippen MR) is 53.2 cm³/mol. The lowest BCUT2D eigenvalue weighted by Gasteiger charge is -2.21. The van der Waals surface area contributed by atoms with Crippen LogP contribution in [0.5, 0.6) is 0 Å². The first-order valence-corrected chi connectivity index (χ1v) is 5.16. The van der Waals surface area contributed by atoms with Crippen LogP contribution in [0.4, 0.5) is 0 Å². The monoisotopic (exact) mass is 190 g/mol. The fourth-order valence-electron chi connectivity index (χ4n) is 2.48. The summed E-state index contributed by atoms with van der Waals surface area (Å²) < 4.78 is 0. The number of nitrogens with one attached hydrogen (secondary N) is 1. The van der Waals surface area contributed by atoms with Crippen molar-refractivity contribution in [2.24, 2.45) is 11.8 Å². The Morgan fingerprint density at radius 1 is 1.43 bits per heavy atom. The van der Waals surface area contributed by atoms with E-state index in [4.69, 9.17) is 0 Å². The summed E-state index contributed by atoms with van der Waals surface area (Å²) >= 11 is 0. The smallest absolute Gasteiger partial charge is 0.240 e. The van der Waals surface area contributed by atoms with E-state index >= 15 is 0 Å². The molecule has 0 aromatic heterocycles. The molecule has 0 bridgehead atoms. The summed E-state index contributed by atoms with van der Waals surface area (Å²) in [5.41, 5.74) is 2.86. The van der Waals surface area contributed by atoms with Gasteiger partial charge in [-0.1, -0.05) is 11.6 Å². The van der Waals surface area contributed by atoms with Crippen LogP contribution in [-0.4, -0.2) is 24.0 Å². The zero-order valence-electron chi connectivity index (χ0n) is 8.29. The molecule has 2 unspecified atom stereocenters. The number of hydrogen-bond donors (Lipinski definition) is 1. The van der Waals surface area contributed by atoms with E-state index < -0.39 is 0 Å². The maximum absolute atomic E-state index is 11.1. The van der Waals surface area contributed by atoms with Gasteiger partial charge in [-0.2, -0.15) is 0 Å². The van der Waals surface area contributed by atoms with E-state index in [1.165, 1.54) is 17.7 Å². The molecule has 0 radical (unpaired) electrons. The van der Waals surface area contributed by atoms with Crippen molar-refractivity contribution >= 4 is 5.91 Å². The summed E-state index contributed by atoms with van der Waals surface area (Å²) in [7, 11) is 0. The molecule has 0 aromatic carbocycles. The van der Waals surface area contributed by atoms with Crippen molar-refractivity contribution in [2.45, 2.75) is 13.3 Å². The molecule has 2 fully saturated rings. The Kier molecular flexibility index (Phi) is 1.52. The Morgan fingerprint density at radius 2 is 2.29 bits per heavy atom. The molecule has 3 nitrogen and oxygen atoms in total. The summed E-state index contributed by atoms with van der Waals surface area (Å²) in [4.78, 5) is 13.2.